The predicted molar refractivity (Wildman–Crippen MR) is 124 cm³/mol. The Labute approximate surface area is 203 Å². The van der Waals surface area contributed by atoms with Crippen LogP contribution in [0, 0.1) is 5.41 Å². The molecule has 2 heterocycles. The number of hydrogen-bond donors (Lipinski definition) is 3. The van der Waals surface area contributed by atoms with Crippen molar-refractivity contribution in [2.24, 2.45) is 5.41 Å². The molecule has 1 fully saturated rings. The summed E-state index contributed by atoms with van der Waals surface area (Å²) in [6, 6.07) is 0.712. The number of hydrogen-bond acceptors (Lipinski definition) is 5. The molecule has 1 unspecified atom stereocenters. The molecule has 1 saturated carbocycles. The van der Waals surface area contributed by atoms with Gasteiger partial charge in [-0.15, -0.1) is 6.58 Å². The van der Waals surface area contributed by atoms with Crippen molar-refractivity contribution in [3.05, 3.63) is 36.0 Å². The third-order valence-electron chi connectivity index (χ3n) is 6.50. The number of alkyl halides is 4. The molecule has 0 saturated heterocycles. The van der Waals surface area contributed by atoms with Crippen molar-refractivity contribution in [2.75, 3.05) is 6.54 Å². The smallest absolute Gasteiger partial charge is 0.428 e. The van der Waals surface area contributed by atoms with Crippen LogP contribution in [0.3, 0.4) is 0 Å². The fraction of sp³-hybridized carbons (Fsp3) is 0.680. The van der Waals surface area contributed by atoms with Gasteiger partial charge >= 0.3 is 6.18 Å². The number of aliphatic hydroxyl groups is 1. The number of rotatable bonds is 9. The molecule has 3 rings (SSSR count). The summed E-state index contributed by atoms with van der Waals surface area (Å²) in [5.41, 5.74) is 1.65. The summed E-state index contributed by atoms with van der Waals surface area (Å²) in [4.78, 5) is 16.3. The van der Waals surface area contributed by atoms with Crippen LogP contribution >= 0.6 is 0 Å². The van der Waals surface area contributed by atoms with Crippen molar-refractivity contribution >= 4 is 5.91 Å². The summed E-state index contributed by atoms with van der Waals surface area (Å²) >= 11 is 0. The van der Waals surface area contributed by atoms with Crippen LogP contribution in [-0.4, -0.2) is 52.6 Å². The zero-order valence-electron chi connectivity index (χ0n) is 20.4. The molecular formula is C25H35F4N3O3. The maximum Gasteiger partial charge on any atom is 0.428 e. The molecule has 1 aliphatic carbocycles. The molecule has 3 N–H and O–H groups in total. The Bertz CT molecular complexity index is 912. The minimum atomic E-state index is -5.31. The Balaban J connectivity index is 1.73. The molecule has 196 valence electrons. The van der Waals surface area contributed by atoms with Crippen LogP contribution in [-0.2, 0) is 11.2 Å². The van der Waals surface area contributed by atoms with Gasteiger partial charge in [0.2, 0.25) is 5.88 Å². The third kappa shape index (κ3) is 6.94. The van der Waals surface area contributed by atoms with E-state index in [-0.39, 0.29) is 30.0 Å². The van der Waals surface area contributed by atoms with E-state index in [0.717, 1.165) is 36.8 Å². The fourth-order valence-corrected chi connectivity index (χ4v) is 4.65. The molecule has 35 heavy (non-hydrogen) atoms. The van der Waals surface area contributed by atoms with Crippen LogP contribution in [0.15, 0.2) is 24.9 Å². The van der Waals surface area contributed by atoms with E-state index in [0.29, 0.717) is 12.3 Å². The number of carbonyl (C=O) groups excluding carboxylic acids is 1. The molecule has 0 radical (unpaired) electrons. The molecular weight excluding hydrogens is 466 g/mol. The average Bonchev–Trinajstić information content (AvgIpc) is 2.73. The maximum atomic E-state index is 13.4. The van der Waals surface area contributed by atoms with E-state index >= 15 is 0 Å². The van der Waals surface area contributed by atoms with Gasteiger partial charge in [-0.2, -0.15) is 13.2 Å². The number of ether oxygens (including phenoxy) is 1. The number of halogens is 4. The zero-order valence-corrected chi connectivity index (χ0v) is 20.4. The minimum Gasteiger partial charge on any atom is -0.471 e. The molecule has 1 aliphatic heterocycles. The quantitative estimate of drug-likeness (QED) is 0.347. The van der Waals surface area contributed by atoms with E-state index in [2.05, 4.69) is 37.7 Å². The van der Waals surface area contributed by atoms with Gasteiger partial charge in [0.05, 0.1) is 12.1 Å². The molecule has 2 aliphatic rings. The molecule has 0 bridgehead atoms. The van der Waals surface area contributed by atoms with Crippen LogP contribution in [0.5, 0.6) is 5.88 Å². The number of pyridine rings is 1. The van der Waals surface area contributed by atoms with Crippen molar-refractivity contribution < 1.29 is 32.2 Å². The lowest BCUT2D eigenvalue weighted by molar-refractivity contribution is -0.187. The second-order valence-corrected chi connectivity index (χ2v) is 10.9. The summed E-state index contributed by atoms with van der Waals surface area (Å²) < 4.78 is 57.4. The Kier molecular flexibility index (Phi) is 8.16. The van der Waals surface area contributed by atoms with E-state index in [4.69, 9.17) is 4.74 Å². The van der Waals surface area contributed by atoms with E-state index in [1.54, 1.807) is 0 Å². The summed E-state index contributed by atoms with van der Waals surface area (Å²) in [6.07, 6.45) is -2.80. The highest BCUT2D eigenvalue weighted by atomic mass is 19.4. The molecule has 1 spiro atoms. The molecule has 6 nitrogen and oxygen atoms in total. The number of aromatic nitrogens is 1. The summed E-state index contributed by atoms with van der Waals surface area (Å²) in [5, 5.41) is 15.9. The number of aliphatic hydroxyl groups excluding tert-OH is 1. The first-order valence-corrected chi connectivity index (χ1v) is 11.9. The van der Waals surface area contributed by atoms with E-state index < -0.39 is 30.4 Å². The summed E-state index contributed by atoms with van der Waals surface area (Å²) in [7, 11) is 0. The number of carbonyl (C=O) groups is 1. The topological polar surface area (TPSA) is 83.5 Å². The van der Waals surface area contributed by atoms with Gasteiger partial charge in [-0.05, 0) is 49.1 Å². The van der Waals surface area contributed by atoms with Crippen LogP contribution < -0.4 is 15.4 Å². The van der Waals surface area contributed by atoms with Gasteiger partial charge in [0, 0.05) is 30.8 Å². The lowest BCUT2D eigenvalue weighted by atomic mass is 9.73. The monoisotopic (exact) mass is 501 g/mol. The Hall–Kier alpha value is -2.20. The lowest BCUT2D eigenvalue weighted by Gasteiger charge is -2.47. The van der Waals surface area contributed by atoms with Gasteiger partial charge in [0.15, 0.2) is 0 Å². The van der Waals surface area contributed by atoms with Crippen LogP contribution in [0.1, 0.15) is 70.0 Å². The van der Waals surface area contributed by atoms with Crippen LogP contribution in [0.25, 0.3) is 0 Å². The van der Waals surface area contributed by atoms with Gasteiger partial charge in [-0.3, -0.25) is 4.79 Å². The second kappa shape index (κ2) is 10.4. The van der Waals surface area contributed by atoms with Crippen molar-refractivity contribution in [1.29, 1.82) is 0 Å². The first-order valence-electron chi connectivity index (χ1n) is 11.9. The number of amides is 1. The minimum absolute atomic E-state index is 0.0231. The third-order valence-corrected chi connectivity index (χ3v) is 6.50. The van der Waals surface area contributed by atoms with Crippen molar-refractivity contribution in [1.82, 2.24) is 15.6 Å². The van der Waals surface area contributed by atoms with Crippen molar-refractivity contribution in [3.63, 3.8) is 0 Å². The Morgan fingerprint density at radius 3 is 2.60 bits per heavy atom. The Morgan fingerprint density at radius 2 is 2.06 bits per heavy atom. The largest absolute Gasteiger partial charge is 0.471 e. The lowest BCUT2D eigenvalue weighted by Crippen LogP contribution is -2.53. The zero-order chi connectivity index (χ0) is 26.0. The van der Waals surface area contributed by atoms with E-state index in [1.807, 2.05) is 17.6 Å². The SMILES string of the molecule is C=CCC(NC(=O)[C@@H](F)C(F)(F)F)[C@H](O)CN[C@H]1CC2(CCC2)Oc2ncc(CC(C)(C)C)cc21. The van der Waals surface area contributed by atoms with Gasteiger partial charge < -0.3 is 20.5 Å². The highest BCUT2D eigenvalue weighted by molar-refractivity contribution is 5.81. The highest BCUT2D eigenvalue weighted by Crippen LogP contribution is 2.48. The molecule has 1 aromatic rings. The first-order chi connectivity index (χ1) is 16.2. The van der Waals surface area contributed by atoms with Gasteiger partial charge in [0.1, 0.15) is 5.60 Å². The second-order valence-electron chi connectivity index (χ2n) is 10.9. The number of nitrogens with zero attached hydrogens (tertiary/aromatic N) is 1. The normalized spacial score (nSPS) is 21.8. The predicted octanol–water partition coefficient (Wildman–Crippen LogP) is 4.33. The first kappa shape index (κ1) is 27.4. The van der Waals surface area contributed by atoms with E-state index in [9.17, 15) is 27.5 Å². The van der Waals surface area contributed by atoms with Crippen molar-refractivity contribution in [2.45, 2.75) is 95.4 Å². The Morgan fingerprint density at radius 1 is 1.37 bits per heavy atom. The number of nitrogens with one attached hydrogen (secondary N) is 2. The summed E-state index contributed by atoms with van der Waals surface area (Å²) in [5.74, 6) is -1.29. The van der Waals surface area contributed by atoms with Gasteiger partial charge in [-0.25, -0.2) is 9.37 Å². The average molecular weight is 502 g/mol. The molecule has 4 atom stereocenters. The van der Waals surface area contributed by atoms with Crippen LogP contribution in [0.2, 0.25) is 0 Å². The van der Waals surface area contributed by atoms with Gasteiger partial charge in [-0.1, -0.05) is 26.8 Å². The molecule has 10 heteroatoms. The molecule has 1 aromatic heterocycles. The molecule has 0 aromatic carbocycles. The standard InChI is InChI=1S/C25H35F4N3O3/c1-5-7-17(32-21(34)20(26)25(27,28)29)19(33)14-30-18-12-24(8-6-9-24)35-22-16(18)10-15(13-31-22)11-23(2,3)4/h5,10,13,17-20,30,33H,1,6-9,11-12,14H2,2-4H3,(H,32,34)/t17?,18-,19+,20+/m0/s1. The van der Waals surface area contributed by atoms with E-state index in [1.165, 1.54) is 6.08 Å². The van der Waals surface area contributed by atoms with Crippen molar-refractivity contribution in [3.8, 4) is 5.88 Å². The number of fused-ring (bicyclic) bond motifs is 1. The fourth-order valence-electron chi connectivity index (χ4n) is 4.65. The van der Waals surface area contributed by atoms with Gasteiger partial charge in [0.25, 0.3) is 12.1 Å². The molecule has 1 amide bonds. The maximum absolute atomic E-state index is 13.4. The highest BCUT2D eigenvalue weighted by Gasteiger charge is 2.47. The van der Waals surface area contributed by atoms with Crippen LogP contribution in [0.4, 0.5) is 17.6 Å². The summed E-state index contributed by atoms with van der Waals surface area (Å²) in [6.45, 7) is 9.88.